The highest BCUT2D eigenvalue weighted by Gasteiger charge is 2.43. The summed E-state index contributed by atoms with van der Waals surface area (Å²) in [5, 5.41) is 2.37. The monoisotopic (exact) mass is 521 g/mol. The number of nitrogens with zero attached hydrogens (tertiary/aromatic N) is 2. The standard InChI is InChI=1S/C23H21F2N3O5S2/c24-20-12-11-17(15-21(20)25)26-23(29)22-16-27(34(30,31)18-7-3-1-4-8-18)13-14-28(22)35(32,33)19-9-5-2-6-10-19/h1-12,15,22H,13-14,16H2,(H,26,29)/t22-/m0/s1. The summed E-state index contributed by atoms with van der Waals surface area (Å²) < 4.78 is 81.9. The number of piperazine rings is 1. The second-order valence-electron chi connectivity index (χ2n) is 7.74. The van der Waals surface area contributed by atoms with Crippen LogP contribution in [0.25, 0.3) is 0 Å². The largest absolute Gasteiger partial charge is 0.325 e. The Hall–Kier alpha value is -3.19. The first-order chi connectivity index (χ1) is 16.6. The van der Waals surface area contributed by atoms with Crippen molar-refractivity contribution in [1.82, 2.24) is 8.61 Å². The van der Waals surface area contributed by atoms with E-state index in [4.69, 9.17) is 0 Å². The Morgan fingerprint density at radius 1 is 0.771 bits per heavy atom. The number of nitrogens with one attached hydrogen (secondary N) is 1. The summed E-state index contributed by atoms with van der Waals surface area (Å²) >= 11 is 0. The zero-order valence-corrected chi connectivity index (χ0v) is 19.8. The molecule has 8 nitrogen and oxygen atoms in total. The minimum Gasteiger partial charge on any atom is -0.325 e. The molecule has 4 rings (SSSR count). The number of amides is 1. The van der Waals surface area contributed by atoms with Gasteiger partial charge in [-0.05, 0) is 36.4 Å². The van der Waals surface area contributed by atoms with Crippen molar-refractivity contribution in [2.75, 3.05) is 25.0 Å². The maximum absolute atomic E-state index is 13.6. The number of anilines is 1. The molecule has 1 N–H and O–H groups in total. The predicted octanol–water partition coefficient (Wildman–Crippen LogP) is 2.67. The molecule has 0 saturated carbocycles. The van der Waals surface area contributed by atoms with Crippen LogP contribution in [0.4, 0.5) is 14.5 Å². The zero-order chi connectivity index (χ0) is 25.2. The normalized spacial score (nSPS) is 17.7. The van der Waals surface area contributed by atoms with Gasteiger partial charge in [-0.25, -0.2) is 25.6 Å². The Balaban J connectivity index is 1.69. The van der Waals surface area contributed by atoms with Crippen molar-refractivity contribution in [3.63, 3.8) is 0 Å². The third-order valence-corrected chi connectivity index (χ3v) is 9.32. The van der Waals surface area contributed by atoms with Crippen LogP contribution in [0.3, 0.4) is 0 Å². The summed E-state index contributed by atoms with van der Waals surface area (Å²) in [6.07, 6.45) is 0. The highest BCUT2D eigenvalue weighted by Crippen LogP contribution is 2.26. The SMILES string of the molecule is O=C(Nc1ccc(F)c(F)c1)[C@@H]1CN(S(=O)(=O)c2ccccc2)CCN1S(=O)(=O)c1ccccc1. The molecule has 1 aliphatic heterocycles. The number of sulfonamides is 2. The van der Waals surface area contributed by atoms with Crippen LogP contribution in [0.2, 0.25) is 0 Å². The van der Waals surface area contributed by atoms with Gasteiger partial charge in [-0.1, -0.05) is 36.4 Å². The number of carbonyl (C=O) groups is 1. The van der Waals surface area contributed by atoms with Gasteiger partial charge in [0.05, 0.1) is 9.79 Å². The molecule has 0 radical (unpaired) electrons. The van der Waals surface area contributed by atoms with Crippen molar-refractivity contribution in [2.24, 2.45) is 0 Å². The van der Waals surface area contributed by atoms with Gasteiger partial charge in [-0.15, -0.1) is 0 Å². The molecule has 1 amide bonds. The van der Waals surface area contributed by atoms with E-state index >= 15 is 0 Å². The highest BCUT2D eigenvalue weighted by atomic mass is 32.2. The van der Waals surface area contributed by atoms with Crippen molar-refractivity contribution in [3.05, 3.63) is 90.5 Å². The number of halogens is 2. The van der Waals surface area contributed by atoms with Crippen LogP contribution in [0.1, 0.15) is 0 Å². The molecule has 1 fully saturated rings. The smallest absolute Gasteiger partial charge is 0.244 e. The topological polar surface area (TPSA) is 104 Å². The highest BCUT2D eigenvalue weighted by molar-refractivity contribution is 7.89. The van der Waals surface area contributed by atoms with E-state index in [0.717, 1.165) is 26.8 Å². The summed E-state index contributed by atoms with van der Waals surface area (Å²) in [4.78, 5) is 13.1. The molecule has 0 unspecified atom stereocenters. The molecule has 1 heterocycles. The van der Waals surface area contributed by atoms with E-state index < -0.39 is 50.2 Å². The van der Waals surface area contributed by atoms with Crippen molar-refractivity contribution in [3.8, 4) is 0 Å². The zero-order valence-electron chi connectivity index (χ0n) is 18.2. The number of hydrogen-bond donors (Lipinski definition) is 1. The van der Waals surface area contributed by atoms with Gasteiger partial charge in [-0.3, -0.25) is 4.79 Å². The van der Waals surface area contributed by atoms with Gasteiger partial charge in [0, 0.05) is 31.4 Å². The quantitative estimate of drug-likeness (QED) is 0.537. The van der Waals surface area contributed by atoms with Crippen molar-refractivity contribution < 1.29 is 30.4 Å². The molecule has 184 valence electrons. The maximum Gasteiger partial charge on any atom is 0.244 e. The average Bonchev–Trinajstić information content (AvgIpc) is 2.87. The molecule has 0 spiro atoms. The van der Waals surface area contributed by atoms with Gasteiger partial charge in [-0.2, -0.15) is 8.61 Å². The van der Waals surface area contributed by atoms with Crippen LogP contribution in [-0.4, -0.2) is 57.0 Å². The Labute approximate surface area is 201 Å². The predicted molar refractivity (Wildman–Crippen MR) is 124 cm³/mol. The molecule has 0 aliphatic carbocycles. The third kappa shape index (κ3) is 5.10. The van der Waals surface area contributed by atoms with Crippen molar-refractivity contribution in [1.29, 1.82) is 0 Å². The number of hydrogen-bond acceptors (Lipinski definition) is 5. The molecule has 3 aromatic rings. The Bertz CT molecular complexity index is 1440. The van der Waals surface area contributed by atoms with Crippen LogP contribution in [0.5, 0.6) is 0 Å². The number of rotatable bonds is 6. The lowest BCUT2D eigenvalue weighted by Gasteiger charge is -2.38. The minimum atomic E-state index is -4.18. The first-order valence-electron chi connectivity index (χ1n) is 10.5. The lowest BCUT2D eigenvalue weighted by Crippen LogP contribution is -2.60. The Kier molecular flexibility index (Phi) is 6.99. The second kappa shape index (κ2) is 9.82. The lowest BCUT2D eigenvalue weighted by atomic mass is 10.2. The van der Waals surface area contributed by atoms with E-state index in [1.807, 2.05) is 0 Å². The van der Waals surface area contributed by atoms with Crippen LogP contribution >= 0.6 is 0 Å². The van der Waals surface area contributed by atoms with Crippen molar-refractivity contribution in [2.45, 2.75) is 15.8 Å². The van der Waals surface area contributed by atoms with Gasteiger partial charge < -0.3 is 5.32 Å². The summed E-state index contributed by atoms with van der Waals surface area (Å²) in [6.45, 7) is -0.948. The molecule has 12 heteroatoms. The fourth-order valence-corrected chi connectivity index (χ4v) is 6.78. The molecule has 35 heavy (non-hydrogen) atoms. The second-order valence-corrected chi connectivity index (χ2v) is 11.6. The van der Waals surface area contributed by atoms with Gasteiger partial charge >= 0.3 is 0 Å². The maximum atomic E-state index is 13.6. The van der Waals surface area contributed by atoms with Crippen LogP contribution < -0.4 is 5.32 Å². The van der Waals surface area contributed by atoms with Crippen LogP contribution in [0, 0.1) is 11.6 Å². The van der Waals surface area contributed by atoms with Gasteiger partial charge in [0.1, 0.15) is 6.04 Å². The van der Waals surface area contributed by atoms with Crippen LogP contribution in [0.15, 0.2) is 88.7 Å². The summed E-state index contributed by atoms with van der Waals surface area (Å²) in [5.74, 6) is -3.20. The van der Waals surface area contributed by atoms with Crippen LogP contribution in [-0.2, 0) is 24.8 Å². The summed E-state index contributed by atoms with van der Waals surface area (Å²) in [5.41, 5.74) is -0.103. The van der Waals surface area contributed by atoms with Crippen molar-refractivity contribution >= 4 is 31.6 Å². The fraction of sp³-hybridized carbons (Fsp3) is 0.174. The van der Waals surface area contributed by atoms with Gasteiger partial charge in [0.15, 0.2) is 11.6 Å². The van der Waals surface area contributed by atoms with E-state index in [2.05, 4.69) is 5.32 Å². The Morgan fingerprint density at radius 2 is 1.34 bits per heavy atom. The molecule has 1 atom stereocenters. The molecule has 3 aromatic carbocycles. The molecule has 0 bridgehead atoms. The summed E-state index contributed by atoms with van der Waals surface area (Å²) in [7, 11) is -8.20. The Morgan fingerprint density at radius 3 is 1.91 bits per heavy atom. The molecular weight excluding hydrogens is 500 g/mol. The van der Waals surface area contributed by atoms with E-state index in [9.17, 15) is 30.4 Å². The number of carbonyl (C=O) groups excluding carboxylic acids is 1. The van der Waals surface area contributed by atoms with E-state index in [1.54, 1.807) is 24.3 Å². The molecule has 1 saturated heterocycles. The van der Waals surface area contributed by atoms with E-state index in [-0.39, 0.29) is 28.6 Å². The molecule has 0 aromatic heterocycles. The lowest BCUT2D eigenvalue weighted by molar-refractivity contribution is -0.120. The third-order valence-electron chi connectivity index (χ3n) is 5.51. The van der Waals surface area contributed by atoms with E-state index in [1.165, 1.54) is 36.4 Å². The minimum absolute atomic E-state index is 0.000805. The summed E-state index contributed by atoms with van der Waals surface area (Å²) in [6, 6.07) is 16.2. The molecular formula is C23H21F2N3O5S2. The van der Waals surface area contributed by atoms with Gasteiger partial charge in [0.25, 0.3) is 0 Å². The van der Waals surface area contributed by atoms with Gasteiger partial charge in [0.2, 0.25) is 26.0 Å². The molecule has 1 aliphatic rings. The first kappa shape index (κ1) is 24.9. The average molecular weight is 522 g/mol. The van der Waals surface area contributed by atoms with E-state index in [0.29, 0.717) is 0 Å². The first-order valence-corrected chi connectivity index (χ1v) is 13.4. The number of benzene rings is 3. The fourth-order valence-electron chi connectivity index (χ4n) is 3.73.